The van der Waals surface area contributed by atoms with E-state index in [1.165, 1.54) is 36.2 Å². The van der Waals surface area contributed by atoms with Crippen molar-refractivity contribution in [3.8, 4) is 0 Å². The minimum Gasteiger partial charge on any atom is -0.369 e. The van der Waals surface area contributed by atoms with Crippen molar-refractivity contribution in [2.24, 2.45) is 11.7 Å². The molecule has 1 heterocycles. The highest BCUT2D eigenvalue weighted by molar-refractivity contribution is 5.77. The number of benzene rings is 1. The lowest BCUT2D eigenvalue weighted by atomic mass is 9.83. The third kappa shape index (κ3) is 2.27. The number of hydrogen-bond acceptors (Lipinski definition) is 2. The van der Waals surface area contributed by atoms with Gasteiger partial charge >= 0.3 is 0 Å². The fourth-order valence-electron chi connectivity index (χ4n) is 2.95. The molecule has 3 heteroatoms. The van der Waals surface area contributed by atoms with Gasteiger partial charge in [0.05, 0.1) is 0 Å². The molecule has 1 fully saturated rings. The molecule has 1 aliphatic carbocycles. The molecule has 1 saturated heterocycles. The number of nitrogens with two attached hydrogens (primary N) is 1. The zero-order valence-corrected chi connectivity index (χ0v) is 10.7. The topological polar surface area (TPSA) is 46.3 Å². The number of carbonyl (C=O) groups is 1. The summed E-state index contributed by atoms with van der Waals surface area (Å²) in [6.07, 6.45) is 4.08. The molecule has 0 radical (unpaired) electrons. The molecular weight excluding hydrogens is 224 g/mol. The minimum atomic E-state index is -0.148. The number of fused-ring (bicyclic) bond motifs is 1. The van der Waals surface area contributed by atoms with Gasteiger partial charge in [0.25, 0.3) is 0 Å². The van der Waals surface area contributed by atoms with Crippen molar-refractivity contribution in [3.63, 3.8) is 0 Å². The predicted molar refractivity (Wildman–Crippen MR) is 71.0 cm³/mol. The van der Waals surface area contributed by atoms with Gasteiger partial charge in [0.2, 0.25) is 5.91 Å². The third-order valence-corrected chi connectivity index (χ3v) is 4.26. The highest BCUT2D eigenvalue weighted by atomic mass is 16.1. The average Bonchev–Trinajstić information content (AvgIpc) is 2.33. The summed E-state index contributed by atoms with van der Waals surface area (Å²) < 4.78 is 0. The summed E-state index contributed by atoms with van der Waals surface area (Å²) in [6.45, 7) is 3.55. The molecule has 0 bridgehead atoms. The fraction of sp³-hybridized carbons (Fsp3) is 0.533. The Kier molecular flexibility index (Phi) is 3.08. The van der Waals surface area contributed by atoms with Crippen LogP contribution in [0.3, 0.4) is 0 Å². The van der Waals surface area contributed by atoms with Gasteiger partial charge in [-0.3, -0.25) is 9.69 Å². The molecule has 1 aromatic carbocycles. The Hall–Kier alpha value is -1.35. The van der Waals surface area contributed by atoms with E-state index in [4.69, 9.17) is 5.73 Å². The van der Waals surface area contributed by atoms with Gasteiger partial charge in [0, 0.05) is 12.5 Å². The van der Waals surface area contributed by atoms with Gasteiger partial charge in [-0.15, -0.1) is 0 Å². The molecule has 3 rings (SSSR count). The number of carbonyl (C=O) groups excluding carboxylic acids is 1. The maximum atomic E-state index is 11.2. The lowest BCUT2D eigenvalue weighted by Crippen LogP contribution is -2.36. The van der Waals surface area contributed by atoms with E-state index in [1.807, 2.05) is 0 Å². The summed E-state index contributed by atoms with van der Waals surface area (Å²) in [5, 5.41) is 0. The zero-order chi connectivity index (χ0) is 12.5. The third-order valence-electron chi connectivity index (χ3n) is 4.26. The number of amides is 1. The van der Waals surface area contributed by atoms with Gasteiger partial charge in [-0.05, 0) is 55.5 Å². The quantitative estimate of drug-likeness (QED) is 0.875. The van der Waals surface area contributed by atoms with Crippen LogP contribution in [0.25, 0.3) is 0 Å². The lowest BCUT2D eigenvalue weighted by Gasteiger charge is -2.31. The van der Waals surface area contributed by atoms with Crippen molar-refractivity contribution < 1.29 is 4.79 Å². The van der Waals surface area contributed by atoms with Crippen molar-refractivity contribution in [3.05, 3.63) is 34.9 Å². The summed E-state index contributed by atoms with van der Waals surface area (Å²) in [5.41, 5.74) is 9.55. The second-order valence-electron chi connectivity index (χ2n) is 5.57. The van der Waals surface area contributed by atoms with E-state index in [0.717, 1.165) is 25.8 Å². The van der Waals surface area contributed by atoms with Gasteiger partial charge in [0.15, 0.2) is 0 Å². The summed E-state index contributed by atoms with van der Waals surface area (Å²) in [6, 6.07) is 6.73. The Morgan fingerprint density at radius 1 is 1.33 bits per heavy atom. The minimum absolute atomic E-state index is 0.0405. The van der Waals surface area contributed by atoms with Gasteiger partial charge in [-0.2, -0.15) is 0 Å². The summed E-state index contributed by atoms with van der Waals surface area (Å²) in [5.74, 6) is -0.107. The summed E-state index contributed by atoms with van der Waals surface area (Å²) in [4.78, 5) is 13.7. The van der Waals surface area contributed by atoms with E-state index < -0.39 is 0 Å². The van der Waals surface area contributed by atoms with Crippen LogP contribution in [0.2, 0.25) is 0 Å². The molecule has 1 aliphatic heterocycles. The van der Waals surface area contributed by atoms with Crippen LogP contribution in [0.15, 0.2) is 18.2 Å². The largest absolute Gasteiger partial charge is 0.369 e. The van der Waals surface area contributed by atoms with Gasteiger partial charge in [0.1, 0.15) is 0 Å². The van der Waals surface area contributed by atoms with E-state index >= 15 is 0 Å². The van der Waals surface area contributed by atoms with Crippen LogP contribution in [-0.2, 0) is 24.2 Å². The van der Waals surface area contributed by atoms with Crippen LogP contribution in [0, 0.1) is 5.92 Å². The zero-order valence-electron chi connectivity index (χ0n) is 10.7. The number of hydrogen-bond donors (Lipinski definition) is 1. The Balaban J connectivity index is 1.73. The van der Waals surface area contributed by atoms with Crippen molar-refractivity contribution >= 4 is 5.91 Å². The molecule has 0 saturated carbocycles. The molecule has 1 amide bonds. The van der Waals surface area contributed by atoms with Crippen molar-refractivity contribution in [2.45, 2.75) is 32.2 Å². The molecule has 18 heavy (non-hydrogen) atoms. The number of likely N-dealkylation sites (tertiary alicyclic amines) is 1. The highest BCUT2D eigenvalue weighted by Crippen LogP contribution is 2.27. The number of nitrogens with zero attached hydrogens (tertiary/aromatic N) is 1. The van der Waals surface area contributed by atoms with Crippen LogP contribution in [0.5, 0.6) is 0 Å². The summed E-state index contributed by atoms with van der Waals surface area (Å²) in [7, 11) is 0. The molecule has 2 N–H and O–H groups in total. The van der Waals surface area contributed by atoms with Gasteiger partial charge < -0.3 is 5.73 Å². The van der Waals surface area contributed by atoms with Gasteiger partial charge in [-0.25, -0.2) is 0 Å². The van der Waals surface area contributed by atoms with Crippen LogP contribution in [-0.4, -0.2) is 23.9 Å². The van der Waals surface area contributed by atoms with Crippen LogP contribution >= 0.6 is 0 Å². The maximum absolute atomic E-state index is 11.2. The first kappa shape index (κ1) is 11.7. The first-order valence-electron chi connectivity index (χ1n) is 6.85. The Bertz CT molecular complexity index is 466. The first-order chi connectivity index (χ1) is 8.72. The standard InChI is InChI=1S/C15H20N2O/c16-15(18)14-5-4-12-8-11(2-3-13(12)9-14)10-17-6-1-7-17/h2-3,8,14H,1,4-7,9-10H2,(H2,16,18). The Morgan fingerprint density at radius 2 is 2.17 bits per heavy atom. The van der Waals surface area contributed by atoms with Crippen LogP contribution < -0.4 is 5.73 Å². The fourth-order valence-corrected chi connectivity index (χ4v) is 2.95. The van der Waals surface area contributed by atoms with E-state index in [-0.39, 0.29) is 11.8 Å². The van der Waals surface area contributed by atoms with E-state index in [2.05, 4.69) is 23.1 Å². The smallest absolute Gasteiger partial charge is 0.220 e. The second-order valence-corrected chi connectivity index (χ2v) is 5.57. The molecule has 1 atom stereocenters. The van der Waals surface area contributed by atoms with Crippen molar-refractivity contribution in [1.82, 2.24) is 4.90 Å². The molecule has 0 spiro atoms. The molecule has 1 unspecified atom stereocenters. The monoisotopic (exact) mass is 244 g/mol. The highest BCUT2D eigenvalue weighted by Gasteiger charge is 2.23. The Labute approximate surface area is 108 Å². The van der Waals surface area contributed by atoms with Crippen LogP contribution in [0.1, 0.15) is 29.5 Å². The van der Waals surface area contributed by atoms with Gasteiger partial charge in [-0.1, -0.05) is 18.2 Å². The molecular formula is C15H20N2O. The SMILES string of the molecule is NC(=O)C1CCc2cc(CN3CCC3)ccc2C1. The Morgan fingerprint density at radius 3 is 2.83 bits per heavy atom. The predicted octanol–water partition coefficient (Wildman–Crippen LogP) is 1.48. The molecule has 2 aliphatic rings. The van der Waals surface area contributed by atoms with Crippen molar-refractivity contribution in [2.75, 3.05) is 13.1 Å². The summed E-state index contributed by atoms with van der Waals surface area (Å²) >= 11 is 0. The molecule has 96 valence electrons. The average molecular weight is 244 g/mol. The van der Waals surface area contributed by atoms with E-state index in [9.17, 15) is 4.79 Å². The number of primary amides is 1. The normalized spacial score (nSPS) is 23.2. The molecule has 3 nitrogen and oxygen atoms in total. The van der Waals surface area contributed by atoms with E-state index in [1.54, 1.807) is 0 Å². The van der Waals surface area contributed by atoms with Crippen LogP contribution in [0.4, 0.5) is 0 Å². The number of rotatable bonds is 3. The lowest BCUT2D eigenvalue weighted by molar-refractivity contribution is -0.122. The molecule has 1 aromatic rings. The first-order valence-corrected chi connectivity index (χ1v) is 6.85. The maximum Gasteiger partial charge on any atom is 0.220 e. The van der Waals surface area contributed by atoms with Crippen molar-refractivity contribution in [1.29, 1.82) is 0 Å². The van der Waals surface area contributed by atoms with E-state index in [0.29, 0.717) is 0 Å². The number of aryl methyl sites for hydroxylation is 1. The molecule has 0 aromatic heterocycles. The second kappa shape index (κ2) is 4.73.